The Morgan fingerprint density at radius 3 is 2.46 bits per heavy atom. The summed E-state index contributed by atoms with van der Waals surface area (Å²) >= 11 is 5.86. The first-order chi connectivity index (χ1) is 13.6. The minimum atomic E-state index is -0.201. The zero-order valence-corrected chi connectivity index (χ0v) is 16.3. The third-order valence-electron chi connectivity index (χ3n) is 4.06. The Labute approximate surface area is 168 Å². The highest BCUT2D eigenvalue weighted by atomic mass is 35.5. The molecule has 0 atom stereocenters. The Balaban J connectivity index is 1.64. The Bertz CT molecular complexity index is 944. The summed E-state index contributed by atoms with van der Waals surface area (Å²) in [6.07, 6.45) is 1.52. The minimum absolute atomic E-state index is 0.201. The maximum atomic E-state index is 12.3. The average Bonchev–Trinajstić information content (AvgIpc) is 2.73. The first kappa shape index (κ1) is 19.5. The molecule has 2 aromatic carbocycles. The molecule has 1 aromatic heterocycles. The van der Waals surface area contributed by atoms with Crippen LogP contribution >= 0.6 is 11.6 Å². The van der Waals surface area contributed by atoms with Gasteiger partial charge in [-0.3, -0.25) is 4.79 Å². The number of methoxy groups -OCH3 is 2. The lowest BCUT2D eigenvalue weighted by Crippen LogP contribution is -2.22. The number of anilines is 2. The molecule has 3 aromatic rings. The number of amides is 1. The van der Waals surface area contributed by atoms with E-state index in [9.17, 15) is 4.79 Å². The number of carbonyl (C=O) groups is 1. The van der Waals surface area contributed by atoms with Gasteiger partial charge in [-0.15, -0.1) is 0 Å². The molecule has 0 radical (unpaired) electrons. The number of hydrogen-bond acceptors (Lipinski definition) is 5. The highest BCUT2D eigenvalue weighted by molar-refractivity contribution is 6.30. The van der Waals surface area contributed by atoms with E-state index in [1.54, 1.807) is 44.6 Å². The van der Waals surface area contributed by atoms with Crippen molar-refractivity contribution in [2.24, 2.45) is 0 Å². The number of nitrogens with zero attached hydrogens (tertiary/aromatic N) is 1. The van der Waals surface area contributed by atoms with Gasteiger partial charge in [-0.25, -0.2) is 4.98 Å². The largest absolute Gasteiger partial charge is 0.497 e. The lowest BCUT2D eigenvalue weighted by atomic mass is 10.2. The number of aromatic nitrogens is 1. The normalized spacial score (nSPS) is 10.2. The van der Waals surface area contributed by atoms with Crippen LogP contribution in [0.4, 0.5) is 11.5 Å². The molecular weight excluding hydrogens is 378 g/mol. The number of rotatable bonds is 7. The molecule has 28 heavy (non-hydrogen) atoms. The fourth-order valence-electron chi connectivity index (χ4n) is 2.54. The second-order valence-electron chi connectivity index (χ2n) is 5.93. The van der Waals surface area contributed by atoms with Gasteiger partial charge in [0.2, 0.25) is 0 Å². The Kier molecular flexibility index (Phi) is 6.34. The monoisotopic (exact) mass is 397 g/mol. The number of halogens is 1. The van der Waals surface area contributed by atoms with Crippen molar-refractivity contribution in [1.82, 2.24) is 10.3 Å². The van der Waals surface area contributed by atoms with Gasteiger partial charge in [0.15, 0.2) is 0 Å². The molecule has 7 heteroatoms. The number of hydrogen-bond donors (Lipinski definition) is 2. The maximum Gasteiger partial charge on any atom is 0.253 e. The third-order valence-corrected chi connectivity index (χ3v) is 4.31. The summed E-state index contributed by atoms with van der Waals surface area (Å²) in [7, 11) is 3.19. The number of carbonyl (C=O) groups excluding carboxylic acids is 1. The molecule has 2 N–H and O–H groups in total. The number of ether oxygens (including phenoxy) is 2. The van der Waals surface area contributed by atoms with E-state index >= 15 is 0 Å². The maximum absolute atomic E-state index is 12.3. The van der Waals surface area contributed by atoms with Gasteiger partial charge in [-0.2, -0.15) is 0 Å². The molecule has 0 aliphatic rings. The van der Waals surface area contributed by atoms with Crippen LogP contribution in [0, 0.1) is 0 Å². The second kappa shape index (κ2) is 9.10. The van der Waals surface area contributed by atoms with Crippen molar-refractivity contribution >= 4 is 29.0 Å². The summed E-state index contributed by atoms with van der Waals surface area (Å²) in [5.41, 5.74) is 2.15. The second-order valence-corrected chi connectivity index (χ2v) is 6.37. The molecule has 0 aliphatic carbocycles. The van der Waals surface area contributed by atoms with Crippen LogP contribution in [0.3, 0.4) is 0 Å². The topological polar surface area (TPSA) is 72.5 Å². The molecule has 0 saturated carbocycles. The van der Waals surface area contributed by atoms with Crippen LogP contribution in [0.1, 0.15) is 15.9 Å². The van der Waals surface area contributed by atoms with Gasteiger partial charge >= 0.3 is 0 Å². The summed E-state index contributed by atoms with van der Waals surface area (Å²) < 4.78 is 10.6. The zero-order chi connectivity index (χ0) is 19.9. The summed E-state index contributed by atoms with van der Waals surface area (Å²) in [5, 5.41) is 6.69. The molecule has 6 nitrogen and oxygen atoms in total. The van der Waals surface area contributed by atoms with E-state index in [2.05, 4.69) is 15.6 Å². The predicted molar refractivity (Wildman–Crippen MR) is 110 cm³/mol. The van der Waals surface area contributed by atoms with Crippen LogP contribution in [-0.4, -0.2) is 25.1 Å². The van der Waals surface area contributed by atoms with Crippen molar-refractivity contribution < 1.29 is 14.3 Å². The van der Waals surface area contributed by atoms with E-state index in [1.807, 2.05) is 24.3 Å². The molecule has 0 spiro atoms. The van der Waals surface area contributed by atoms with E-state index in [1.165, 1.54) is 6.20 Å². The number of nitrogens with one attached hydrogen (secondary N) is 2. The highest BCUT2D eigenvalue weighted by Gasteiger charge is 2.09. The van der Waals surface area contributed by atoms with Crippen LogP contribution in [-0.2, 0) is 6.54 Å². The highest BCUT2D eigenvalue weighted by Crippen LogP contribution is 2.30. The molecule has 1 heterocycles. The van der Waals surface area contributed by atoms with Crippen molar-refractivity contribution in [3.8, 4) is 11.5 Å². The van der Waals surface area contributed by atoms with Crippen molar-refractivity contribution in [2.45, 2.75) is 6.54 Å². The van der Waals surface area contributed by atoms with E-state index in [0.717, 1.165) is 5.56 Å². The molecule has 144 valence electrons. The molecule has 0 unspecified atom stereocenters. The molecule has 1 amide bonds. The standard InChI is InChI=1S/C21H20ClN3O3/c1-27-17-8-9-19(28-2)18(11-17)25-20-10-5-15(13-23-20)21(26)24-12-14-3-6-16(22)7-4-14/h3-11,13H,12H2,1-2H3,(H,23,25)(H,24,26). The summed E-state index contributed by atoms with van der Waals surface area (Å²) in [4.78, 5) is 16.6. The summed E-state index contributed by atoms with van der Waals surface area (Å²) in [6.45, 7) is 0.414. The fourth-order valence-corrected chi connectivity index (χ4v) is 2.66. The van der Waals surface area contributed by atoms with Gasteiger partial charge in [-0.05, 0) is 42.0 Å². The van der Waals surface area contributed by atoms with Crippen molar-refractivity contribution in [3.63, 3.8) is 0 Å². The molecule has 0 bridgehead atoms. The molecular formula is C21H20ClN3O3. The van der Waals surface area contributed by atoms with E-state index in [-0.39, 0.29) is 5.91 Å². The number of pyridine rings is 1. The Morgan fingerprint density at radius 2 is 1.82 bits per heavy atom. The van der Waals surface area contributed by atoms with E-state index in [0.29, 0.717) is 40.1 Å². The fraction of sp³-hybridized carbons (Fsp3) is 0.143. The quantitative estimate of drug-likeness (QED) is 0.617. The van der Waals surface area contributed by atoms with Crippen molar-refractivity contribution in [1.29, 1.82) is 0 Å². The number of benzene rings is 2. The molecule has 0 fully saturated rings. The van der Waals surface area contributed by atoms with Gasteiger partial charge < -0.3 is 20.1 Å². The van der Waals surface area contributed by atoms with Crippen LogP contribution in [0.5, 0.6) is 11.5 Å². The Hall–Kier alpha value is -3.25. The van der Waals surface area contributed by atoms with Gasteiger partial charge in [0.05, 0.1) is 25.5 Å². The van der Waals surface area contributed by atoms with Crippen LogP contribution in [0.15, 0.2) is 60.8 Å². The van der Waals surface area contributed by atoms with Gasteiger partial charge in [0.1, 0.15) is 17.3 Å². The Morgan fingerprint density at radius 1 is 1.04 bits per heavy atom. The van der Waals surface area contributed by atoms with Crippen LogP contribution < -0.4 is 20.1 Å². The molecule has 0 aliphatic heterocycles. The van der Waals surface area contributed by atoms with Crippen LogP contribution in [0.2, 0.25) is 5.02 Å². The SMILES string of the molecule is COc1ccc(OC)c(Nc2ccc(C(=O)NCc3ccc(Cl)cc3)cn2)c1. The smallest absolute Gasteiger partial charge is 0.253 e. The first-order valence-electron chi connectivity index (χ1n) is 8.57. The minimum Gasteiger partial charge on any atom is -0.497 e. The van der Waals surface area contributed by atoms with Gasteiger partial charge in [-0.1, -0.05) is 23.7 Å². The molecule has 3 rings (SSSR count). The predicted octanol–water partition coefficient (Wildman–Crippen LogP) is 4.43. The van der Waals surface area contributed by atoms with E-state index in [4.69, 9.17) is 21.1 Å². The first-order valence-corrected chi connectivity index (χ1v) is 8.94. The van der Waals surface area contributed by atoms with Gasteiger partial charge in [0.25, 0.3) is 5.91 Å². The van der Waals surface area contributed by atoms with Crippen LogP contribution in [0.25, 0.3) is 0 Å². The summed E-state index contributed by atoms with van der Waals surface area (Å²) in [6, 6.07) is 16.2. The van der Waals surface area contributed by atoms with E-state index < -0.39 is 0 Å². The lowest BCUT2D eigenvalue weighted by molar-refractivity contribution is 0.0950. The average molecular weight is 398 g/mol. The van der Waals surface area contributed by atoms with Gasteiger partial charge in [0, 0.05) is 23.8 Å². The molecule has 0 saturated heterocycles. The zero-order valence-electron chi connectivity index (χ0n) is 15.5. The third kappa shape index (κ3) is 4.92. The lowest BCUT2D eigenvalue weighted by Gasteiger charge is -2.12. The van der Waals surface area contributed by atoms with Crippen molar-refractivity contribution in [2.75, 3.05) is 19.5 Å². The van der Waals surface area contributed by atoms with Crippen molar-refractivity contribution in [3.05, 3.63) is 76.9 Å². The summed E-state index contributed by atoms with van der Waals surface area (Å²) in [5.74, 6) is 1.74.